The van der Waals surface area contributed by atoms with Gasteiger partial charge < -0.3 is 14.6 Å². The normalized spacial score (nSPS) is 33.0. The number of carbonyl (C=O) groups excluding carboxylic acids is 2. The molecule has 0 spiro atoms. The van der Waals surface area contributed by atoms with Gasteiger partial charge in [0.25, 0.3) is 0 Å². The van der Waals surface area contributed by atoms with E-state index in [9.17, 15) is 19.5 Å². The first-order valence-corrected chi connectivity index (χ1v) is 7.66. The van der Waals surface area contributed by atoms with E-state index in [-0.39, 0.29) is 0 Å². The van der Waals surface area contributed by atoms with Gasteiger partial charge in [0.2, 0.25) is 11.6 Å². The van der Waals surface area contributed by atoms with Crippen molar-refractivity contribution < 1.29 is 29.0 Å². The van der Waals surface area contributed by atoms with Gasteiger partial charge in [-0.1, -0.05) is 41.5 Å². The van der Waals surface area contributed by atoms with Gasteiger partial charge in [0, 0.05) is 14.2 Å². The molecule has 1 N–H and O–H groups in total. The van der Waals surface area contributed by atoms with Crippen molar-refractivity contribution in [3.63, 3.8) is 0 Å². The lowest BCUT2D eigenvalue weighted by Gasteiger charge is -2.53. The maximum Gasteiger partial charge on any atom is 0.321 e. The number of ketones is 2. The Hall–Kier alpha value is -1.27. The topological polar surface area (TPSA) is 89.9 Å². The molecule has 0 aromatic carbocycles. The van der Waals surface area contributed by atoms with Crippen molar-refractivity contribution in [2.75, 3.05) is 14.2 Å². The molecule has 1 aliphatic rings. The standard InChI is InChI=1S/C17H28O6/c1-15(2,3)9-10(18)12(19)17(14(20)21,16(4,5)6)13(23-8)11(9)22-7/h9,11,13H,1-8H3,(H,20,21). The lowest BCUT2D eigenvalue weighted by Crippen LogP contribution is -2.70. The van der Waals surface area contributed by atoms with Crippen LogP contribution in [-0.4, -0.2) is 49.1 Å². The zero-order valence-corrected chi connectivity index (χ0v) is 15.2. The van der Waals surface area contributed by atoms with Gasteiger partial charge in [0.15, 0.2) is 5.41 Å². The summed E-state index contributed by atoms with van der Waals surface area (Å²) in [5.41, 5.74) is -3.57. The third-order valence-corrected chi connectivity index (χ3v) is 4.90. The van der Waals surface area contributed by atoms with Crippen molar-refractivity contribution >= 4 is 17.5 Å². The average molecular weight is 328 g/mol. The molecule has 0 aromatic rings. The van der Waals surface area contributed by atoms with Gasteiger partial charge >= 0.3 is 5.97 Å². The second-order valence-electron chi connectivity index (χ2n) is 8.26. The fourth-order valence-corrected chi connectivity index (χ4v) is 3.80. The highest BCUT2D eigenvalue weighted by Gasteiger charge is 2.70. The van der Waals surface area contributed by atoms with Gasteiger partial charge in [-0.3, -0.25) is 14.4 Å². The van der Waals surface area contributed by atoms with Crippen LogP contribution >= 0.6 is 0 Å². The number of methoxy groups -OCH3 is 2. The van der Waals surface area contributed by atoms with E-state index in [1.807, 2.05) is 20.8 Å². The number of carbonyl (C=O) groups is 3. The molecular formula is C17H28O6. The van der Waals surface area contributed by atoms with Gasteiger partial charge in [-0.15, -0.1) is 0 Å². The number of aliphatic carboxylic acids is 1. The van der Waals surface area contributed by atoms with Crippen molar-refractivity contribution in [2.45, 2.75) is 53.8 Å². The zero-order valence-electron chi connectivity index (χ0n) is 15.2. The molecule has 0 saturated heterocycles. The highest BCUT2D eigenvalue weighted by molar-refractivity contribution is 6.44. The predicted octanol–water partition coefficient (Wildman–Crippen LogP) is 1.95. The summed E-state index contributed by atoms with van der Waals surface area (Å²) in [4.78, 5) is 37.9. The summed E-state index contributed by atoms with van der Waals surface area (Å²) in [6, 6.07) is 0. The maximum atomic E-state index is 13.0. The number of ether oxygens (including phenoxy) is 2. The Balaban J connectivity index is 3.73. The van der Waals surface area contributed by atoms with Gasteiger partial charge in [-0.25, -0.2) is 0 Å². The van der Waals surface area contributed by atoms with E-state index >= 15 is 0 Å². The highest BCUT2D eigenvalue weighted by Crippen LogP contribution is 2.52. The monoisotopic (exact) mass is 328 g/mol. The first-order chi connectivity index (χ1) is 10.3. The summed E-state index contributed by atoms with van der Waals surface area (Å²) < 4.78 is 11.0. The molecule has 0 amide bonds. The summed E-state index contributed by atoms with van der Waals surface area (Å²) in [6.45, 7) is 10.4. The largest absolute Gasteiger partial charge is 0.480 e. The van der Waals surface area contributed by atoms with Crippen LogP contribution in [0.3, 0.4) is 0 Å². The first-order valence-electron chi connectivity index (χ1n) is 7.66. The van der Waals surface area contributed by atoms with E-state index in [0.717, 1.165) is 0 Å². The van der Waals surface area contributed by atoms with Crippen LogP contribution in [0.5, 0.6) is 0 Å². The molecule has 1 rings (SSSR count). The molecule has 6 heteroatoms. The second-order valence-corrected chi connectivity index (χ2v) is 8.26. The van der Waals surface area contributed by atoms with Crippen LogP contribution in [0, 0.1) is 22.2 Å². The van der Waals surface area contributed by atoms with Gasteiger partial charge in [-0.2, -0.15) is 0 Å². The Labute approximate surface area is 137 Å². The molecule has 4 unspecified atom stereocenters. The van der Waals surface area contributed by atoms with Gasteiger partial charge in [0.05, 0.1) is 12.0 Å². The fourth-order valence-electron chi connectivity index (χ4n) is 3.80. The number of rotatable bonds is 3. The molecule has 0 aromatic heterocycles. The van der Waals surface area contributed by atoms with Crippen LogP contribution in [-0.2, 0) is 23.9 Å². The van der Waals surface area contributed by atoms with Crippen LogP contribution in [0.2, 0.25) is 0 Å². The Morgan fingerprint density at radius 3 is 1.78 bits per heavy atom. The molecule has 0 aliphatic heterocycles. The SMILES string of the molecule is COC1C(C(C)(C)C)C(=O)C(=O)C(C(=O)O)(C(C)(C)C)C1OC. The molecule has 0 bridgehead atoms. The number of hydrogen-bond donors (Lipinski definition) is 1. The Morgan fingerprint density at radius 2 is 1.52 bits per heavy atom. The van der Waals surface area contributed by atoms with E-state index in [1.165, 1.54) is 14.2 Å². The molecule has 0 radical (unpaired) electrons. The lowest BCUT2D eigenvalue weighted by atomic mass is 9.51. The van der Waals surface area contributed by atoms with Crippen LogP contribution < -0.4 is 0 Å². The molecule has 0 heterocycles. The molecule has 6 nitrogen and oxygen atoms in total. The minimum absolute atomic E-state index is 0.563. The minimum atomic E-state index is -1.98. The van der Waals surface area contributed by atoms with Crippen molar-refractivity contribution in [1.29, 1.82) is 0 Å². The van der Waals surface area contributed by atoms with E-state index in [4.69, 9.17) is 9.47 Å². The summed E-state index contributed by atoms with van der Waals surface area (Å²) in [5, 5.41) is 9.91. The van der Waals surface area contributed by atoms with Crippen LogP contribution in [0.4, 0.5) is 0 Å². The van der Waals surface area contributed by atoms with Crippen LogP contribution in [0.25, 0.3) is 0 Å². The van der Waals surface area contributed by atoms with Crippen molar-refractivity contribution in [2.24, 2.45) is 22.2 Å². The number of carboxylic acid groups (broad SMARTS) is 1. The Kier molecular flexibility index (Phi) is 5.14. The Bertz CT molecular complexity index is 510. The van der Waals surface area contributed by atoms with Gasteiger partial charge in [0.1, 0.15) is 6.10 Å². The molecule has 4 atom stereocenters. The zero-order chi connectivity index (χ0) is 18.4. The quantitative estimate of drug-likeness (QED) is 0.629. The smallest absolute Gasteiger partial charge is 0.321 e. The number of hydrogen-bond acceptors (Lipinski definition) is 5. The first kappa shape index (κ1) is 19.8. The molecule has 1 saturated carbocycles. The third kappa shape index (κ3) is 2.72. The van der Waals surface area contributed by atoms with Crippen molar-refractivity contribution in [3.05, 3.63) is 0 Å². The minimum Gasteiger partial charge on any atom is -0.480 e. The summed E-state index contributed by atoms with van der Waals surface area (Å²) >= 11 is 0. The maximum absolute atomic E-state index is 13.0. The third-order valence-electron chi connectivity index (χ3n) is 4.90. The summed E-state index contributed by atoms with van der Waals surface area (Å²) in [5.74, 6) is -3.73. The average Bonchev–Trinajstić information content (AvgIpc) is 2.37. The van der Waals surface area contributed by atoms with E-state index in [2.05, 4.69) is 0 Å². The lowest BCUT2D eigenvalue weighted by molar-refractivity contribution is -0.209. The molecule has 1 fully saturated rings. The molecule has 23 heavy (non-hydrogen) atoms. The highest BCUT2D eigenvalue weighted by atomic mass is 16.5. The van der Waals surface area contributed by atoms with E-state index in [0.29, 0.717) is 0 Å². The molecular weight excluding hydrogens is 300 g/mol. The summed E-state index contributed by atoms with van der Waals surface area (Å²) in [6.07, 6.45) is -1.88. The molecule has 1 aliphatic carbocycles. The van der Waals surface area contributed by atoms with Crippen molar-refractivity contribution in [3.8, 4) is 0 Å². The summed E-state index contributed by atoms with van der Waals surface area (Å²) in [7, 11) is 2.76. The second kappa shape index (κ2) is 5.98. The molecule has 132 valence electrons. The van der Waals surface area contributed by atoms with Crippen LogP contribution in [0.1, 0.15) is 41.5 Å². The van der Waals surface area contributed by atoms with Crippen molar-refractivity contribution in [1.82, 2.24) is 0 Å². The number of Topliss-reactive ketones (excluding diaryl/α,β-unsaturated/α-hetero) is 2. The van der Waals surface area contributed by atoms with Gasteiger partial charge in [-0.05, 0) is 10.8 Å². The predicted molar refractivity (Wildman–Crippen MR) is 84.1 cm³/mol. The van der Waals surface area contributed by atoms with E-state index in [1.54, 1.807) is 20.8 Å². The Morgan fingerprint density at radius 1 is 1.04 bits per heavy atom. The van der Waals surface area contributed by atoms with Crippen LogP contribution in [0.15, 0.2) is 0 Å². The number of carboxylic acids is 1. The fraction of sp³-hybridized carbons (Fsp3) is 0.824. The van der Waals surface area contributed by atoms with E-state index < -0.39 is 51.9 Å².